The smallest absolute Gasteiger partial charge is 0.315 e. The van der Waals surface area contributed by atoms with Gasteiger partial charge in [0.1, 0.15) is 17.2 Å². The third-order valence-electron chi connectivity index (χ3n) is 9.71. The maximum Gasteiger partial charge on any atom is 0.315 e. The Hall–Kier alpha value is -4.30. The van der Waals surface area contributed by atoms with Crippen molar-refractivity contribution < 1.29 is 33.3 Å². The number of ether oxygens (including phenoxy) is 3. The summed E-state index contributed by atoms with van der Waals surface area (Å²) in [5.74, 6) is -2.14. The van der Waals surface area contributed by atoms with Crippen LogP contribution in [0.5, 0.6) is 23.0 Å². The molecule has 0 spiro atoms. The predicted molar refractivity (Wildman–Crippen MR) is 178 cm³/mol. The molecule has 1 aliphatic carbocycles. The molecule has 7 nitrogen and oxygen atoms in total. The Bertz CT molecular complexity index is 1680. The van der Waals surface area contributed by atoms with Gasteiger partial charge in [-0.15, -0.1) is 0 Å². The van der Waals surface area contributed by atoms with Gasteiger partial charge in [0.15, 0.2) is 5.75 Å². The quantitative estimate of drug-likeness (QED) is 0.0960. The van der Waals surface area contributed by atoms with Crippen LogP contribution < -0.4 is 18.6 Å². The SMILES string of the molecule is CC[Si](CC)(CC)Oc1ccc([C@H]2[C@@H](C(=O)O)[C@H](c3ccc(C)c(OC)c3)[C@@H]2C(=O)Oc2cccc3ccccc23)cc1OC. The van der Waals surface area contributed by atoms with Crippen LogP contribution in [0.25, 0.3) is 10.8 Å². The summed E-state index contributed by atoms with van der Waals surface area (Å²) in [5.41, 5.74) is 2.33. The van der Waals surface area contributed by atoms with Crippen molar-refractivity contribution >= 4 is 31.0 Å². The molecule has 4 aromatic carbocycles. The molecule has 0 bridgehead atoms. The minimum absolute atomic E-state index is 0.442. The highest BCUT2D eigenvalue weighted by Gasteiger charge is 2.59. The molecule has 0 saturated heterocycles. The second kappa shape index (κ2) is 13.4. The normalized spacial score (nSPS) is 19.4. The minimum atomic E-state index is -2.00. The molecule has 1 N–H and O–H groups in total. The second-order valence-electron chi connectivity index (χ2n) is 11.8. The van der Waals surface area contributed by atoms with E-state index in [0.29, 0.717) is 28.6 Å². The Labute approximate surface area is 266 Å². The number of hydrogen-bond acceptors (Lipinski definition) is 6. The predicted octanol–water partition coefficient (Wildman–Crippen LogP) is 8.35. The van der Waals surface area contributed by atoms with Gasteiger partial charge >= 0.3 is 11.9 Å². The number of carboxylic acids is 1. The summed E-state index contributed by atoms with van der Waals surface area (Å²) in [4.78, 5) is 27.2. The number of esters is 1. The highest BCUT2D eigenvalue weighted by Crippen LogP contribution is 2.59. The van der Waals surface area contributed by atoms with Crippen LogP contribution in [0.2, 0.25) is 18.1 Å². The molecule has 0 radical (unpaired) electrons. The van der Waals surface area contributed by atoms with Crippen molar-refractivity contribution in [3.8, 4) is 23.0 Å². The number of benzene rings is 4. The molecule has 1 fully saturated rings. The lowest BCUT2D eigenvalue weighted by Gasteiger charge is -2.49. The summed E-state index contributed by atoms with van der Waals surface area (Å²) < 4.78 is 24.1. The Morgan fingerprint density at radius 3 is 1.93 bits per heavy atom. The maximum absolute atomic E-state index is 14.2. The highest BCUT2D eigenvalue weighted by atomic mass is 28.4. The number of carbonyl (C=O) groups excluding carboxylic acids is 1. The molecule has 0 aromatic heterocycles. The Morgan fingerprint density at radius 2 is 1.31 bits per heavy atom. The zero-order valence-corrected chi connectivity index (χ0v) is 27.8. The first-order chi connectivity index (χ1) is 21.7. The molecule has 5 rings (SSSR count). The molecule has 45 heavy (non-hydrogen) atoms. The van der Waals surface area contributed by atoms with Crippen molar-refractivity contribution in [3.63, 3.8) is 0 Å². The van der Waals surface area contributed by atoms with E-state index >= 15 is 0 Å². The molecular weight excluding hydrogens is 584 g/mol. The lowest BCUT2D eigenvalue weighted by molar-refractivity contribution is -0.158. The van der Waals surface area contributed by atoms with Crippen LogP contribution in [0.1, 0.15) is 49.3 Å². The molecule has 0 unspecified atom stereocenters. The van der Waals surface area contributed by atoms with Gasteiger partial charge in [0.2, 0.25) is 0 Å². The number of aryl methyl sites for hydroxylation is 1. The molecular formula is C37H42O7Si. The average molecular weight is 627 g/mol. The van der Waals surface area contributed by atoms with Gasteiger partial charge in [-0.1, -0.05) is 75.4 Å². The van der Waals surface area contributed by atoms with E-state index in [4.69, 9.17) is 18.6 Å². The Morgan fingerprint density at radius 1 is 0.711 bits per heavy atom. The van der Waals surface area contributed by atoms with Gasteiger partial charge in [-0.25, -0.2) is 0 Å². The first-order valence-electron chi connectivity index (χ1n) is 15.6. The van der Waals surface area contributed by atoms with Gasteiger partial charge in [0.05, 0.1) is 26.1 Å². The van der Waals surface area contributed by atoms with E-state index in [1.165, 1.54) is 0 Å². The Balaban J connectivity index is 1.59. The number of carbonyl (C=O) groups is 2. The van der Waals surface area contributed by atoms with Crippen molar-refractivity contribution in [2.24, 2.45) is 11.8 Å². The van der Waals surface area contributed by atoms with Crippen LogP contribution in [-0.4, -0.2) is 39.6 Å². The van der Waals surface area contributed by atoms with Gasteiger partial charge < -0.3 is 23.7 Å². The summed E-state index contributed by atoms with van der Waals surface area (Å²) in [7, 11) is 1.17. The molecule has 0 aliphatic heterocycles. The standard InChI is InChI=1S/C37H42O7Si/c1-7-45(8-2,9-3)44-29-20-19-26(22-31(29)42-6)33-34(36(38)39)32(25-18-17-23(4)30(21-25)41-5)35(33)37(40)43-28-16-12-14-24-13-10-11-15-27(24)28/h10-22,32-35H,7-9H2,1-6H3,(H,38,39)/t32-,33-,34-,35-/m0/s1. The first-order valence-corrected chi connectivity index (χ1v) is 18.2. The summed E-state index contributed by atoms with van der Waals surface area (Å²) >= 11 is 0. The van der Waals surface area contributed by atoms with Gasteiger partial charge in [-0.05, 0) is 71.4 Å². The van der Waals surface area contributed by atoms with Crippen LogP contribution in [0.3, 0.4) is 0 Å². The number of aliphatic carboxylic acids is 1. The van der Waals surface area contributed by atoms with Crippen molar-refractivity contribution in [3.05, 3.63) is 95.6 Å². The van der Waals surface area contributed by atoms with E-state index in [9.17, 15) is 14.7 Å². The van der Waals surface area contributed by atoms with E-state index in [1.807, 2.05) is 79.7 Å². The largest absolute Gasteiger partial charge is 0.541 e. The second-order valence-corrected chi connectivity index (χ2v) is 16.5. The van der Waals surface area contributed by atoms with Crippen molar-refractivity contribution in [1.29, 1.82) is 0 Å². The first kappa shape index (κ1) is 32.1. The fourth-order valence-corrected chi connectivity index (χ4v) is 9.43. The van der Waals surface area contributed by atoms with E-state index in [2.05, 4.69) is 20.8 Å². The van der Waals surface area contributed by atoms with Crippen LogP contribution >= 0.6 is 0 Å². The zero-order valence-electron chi connectivity index (χ0n) is 26.8. The third-order valence-corrected chi connectivity index (χ3v) is 14.2. The number of fused-ring (bicyclic) bond motifs is 1. The highest BCUT2D eigenvalue weighted by molar-refractivity contribution is 6.74. The topological polar surface area (TPSA) is 91.3 Å². The molecule has 0 amide bonds. The molecule has 4 aromatic rings. The van der Waals surface area contributed by atoms with Gasteiger partial charge in [0, 0.05) is 17.2 Å². The molecule has 8 heteroatoms. The maximum atomic E-state index is 14.2. The van der Waals surface area contributed by atoms with Crippen LogP contribution in [0, 0.1) is 18.8 Å². The molecule has 1 saturated carbocycles. The number of hydrogen-bond donors (Lipinski definition) is 1. The molecule has 0 heterocycles. The summed E-state index contributed by atoms with van der Waals surface area (Å²) in [5, 5.41) is 12.4. The minimum Gasteiger partial charge on any atom is -0.541 e. The van der Waals surface area contributed by atoms with Crippen LogP contribution in [0.15, 0.2) is 78.9 Å². The van der Waals surface area contributed by atoms with Gasteiger partial charge in [0.25, 0.3) is 8.32 Å². The summed E-state index contributed by atoms with van der Waals surface area (Å²) in [6.45, 7) is 8.42. The average Bonchev–Trinajstić information content (AvgIpc) is 3.04. The lowest BCUT2D eigenvalue weighted by atomic mass is 9.52. The monoisotopic (exact) mass is 626 g/mol. The number of methoxy groups -OCH3 is 2. The van der Waals surface area contributed by atoms with E-state index in [0.717, 1.165) is 40.0 Å². The number of rotatable bonds is 12. The summed E-state index contributed by atoms with van der Waals surface area (Å²) in [6.07, 6.45) is 0. The van der Waals surface area contributed by atoms with E-state index in [1.54, 1.807) is 20.3 Å². The lowest BCUT2D eigenvalue weighted by Crippen LogP contribution is -2.52. The molecule has 1 aliphatic rings. The zero-order chi connectivity index (χ0) is 32.3. The van der Waals surface area contributed by atoms with Crippen molar-refractivity contribution in [2.75, 3.05) is 14.2 Å². The van der Waals surface area contributed by atoms with Crippen LogP contribution in [0.4, 0.5) is 0 Å². The van der Waals surface area contributed by atoms with Crippen LogP contribution in [-0.2, 0) is 9.59 Å². The third kappa shape index (κ3) is 6.03. The van der Waals surface area contributed by atoms with E-state index in [-0.39, 0.29) is 0 Å². The summed E-state index contributed by atoms with van der Waals surface area (Å²) in [6, 6.07) is 27.4. The number of carboxylic acid groups (broad SMARTS) is 1. The van der Waals surface area contributed by atoms with Gasteiger partial charge in [-0.2, -0.15) is 0 Å². The molecule has 4 atom stereocenters. The van der Waals surface area contributed by atoms with Crippen molar-refractivity contribution in [1.82, 2.24) is 0 Å². The van der Waals surface area contributed by atoms with Gasteiger partial charge in [-0.3, -0.25) is 9.59 Å². The van der Waals surface area contributed by atoms with E-state index < -0.39 is 43.9 Å². The Kier molecular flexibility index (Phi) is 9.53. The fraction of sp³-hybridized carbons (Fsp3) is 0.351. The fourth-order valence-electron chi connectivity index (χ4n) is 6.86. The van der Waals surface area contributed by atoms with Crippen molar-refractivity contribution in [2.45, 2.75) is 57.7 Å². The molecule has 236 valence electrons.